The molecule has 0 aromatic carbocycles. The highest BCUT2D eigenvalue weighted by Crippen LogP contribution is 2.03. The maximum Gasteiger partial charge on any atom is 0.0924 e. The molecule has 1 fully saturated rings. The van der Waals surface area contributed by atoms with E-state index in [1.807, 2.05) is 0 Å². The van der Waals surface area contributed by atoms with E-state index in [0.717, 1.165) is 6.42 Å². The van der Waals surface area contributed by atoms with Gasteiger partial charge in [-0.15, -0.1) is 12.4 Å². The summed E-state index contributed by atoms with van der Waals surface area (Å²) >= 11 is 0. The smallest absolute Gasteiger partial charge is 0.0924 e. The van der Waals surface area contributed by atoms with Crippen LogP contribution in [0, 0.1) is 0 Å². The molecule has 0 aromatic heterocycles. The summed E-state index contributed by atoms with van der Waals surface area (Å²) in [6.45, 7) is 1.10. The molecule has 1 rings (SSSR count). The Bertz CT molecular complexity index is 71.4. The van der Waals surface area contributed by atoms with E-state index in [2.05, 4.69) is 0 Å². The first-order chi connectivity index (χ1) is 3.80. The molecule has 9 heavy (non-hydrogen) atoms. The number of aliphatic hydroxyl groups is 1. The van der Waals surface area contributed by atoms with Gasteiger partial charge in [0.25, 0.3) is 0 Å². The zero-order valence-electron chi connectivity index (χ0n) is 5.12. The number of nitrogens with two attached hydrogens (primary N) is 1. The van der Waals surface area contributed by atoms with Crippen molar-refractivity contribution in [3.63, 3.8) is 0 Å². The lowest BCUT2D eigenvalue weighted by atomic mass is 10.1. The molecule has 0 amide bonds. The van der Waals surface area contributed by atoms with Crippen molar-refractivity contribution in [1.29, 1.82) is 0 Å². The molecule has 0 bridgehead atoms. The third-order valence-corrected chi connectivity index (χ3v) is 1.38. The minimum Gasteiger partial charge on any atom is -0.389 e. The molecule has 1 aliphatic rings. The molecular formula is C5H12ClNO2. The van der Waals surface area contributed by atoms with Gasteiger partial charge in [0.1, 0.15) is 0 Å². The fraction of sp³-hybridized carbons (Fsp3) is 1.00. The van der Waals surface area contributed by atoms with Crippen LogP contribution in [0.5, 0.6) is 0 Å². The lowest BCUT2D eigenvalue weighted by Crippen LogP contribution is -2.42. The van der Waals surface area contributed by atoms with E-state index < -0.39 is 6.10 Å². The van der Waals surface area contributed by atoms with Gasteiger partial charge < -0.3 is 15.6 Å². The fourth-order valence-corrected chi connectivity index (χ4v) is 0.739. The topological polar surface area (TPSA) is 55.5 Å². The highest BCUT2D eigenvalue weighted by Gasteiger charge is 2.18. The van der Waals surface area contributed by atoms with Gasteiger partial charge in [-0.3, -0.25) is 0 Å². The van der Waals surface area contributed by atoms with E-state index in [1.54, 1.807) is 0 Å². The Morgan fingerprint density at radius 1 is 1.56 bits per heavy atom. The first-order valence-electron chi connectivity index (χ1n) is 2.82. The van der Waals surface area contributed by atoms with Crippen molar-refractivity contribution in [1.82, 2.24) is 0 Å². The number of halogens is 1. The summed E-state index contributed by atoms with van der Waals surface area (Å²) in [6, 6.07) is -0.0660. The molecule has 3 nitrogen and oxygen atoms in total. The zero-order valence-corrected chi connectivity index (χ0v) is 5.93. The van der Waals surface area contributed by atoms with Crippen LogP contribution >= 0.6 is 12.4 Å². The lowest BCUT2D eigenvalue weighted by molar-refractivity contribution is -0.0182. The Hall–Kier alpha value is 0.170. The Kier molecular flexibility index (Phi) is 4.14. The molecule has 2 atom stereocenters. The molecular weight excluding hydrogens is 142 g/mol. The Morgan fingerprint density at radius 2 is 2.22 bits per heavy atom. The fourth-order valence-electron chi connectivity index (χ4n) is 0.739. The molecule has 1 heterocycles. The average molecular weight is 154 g/mol. The Balaban J connectivity index is 0.000000640. The summed E-state index contributed by atoms with van der Waals surface area (Å²) in [4.78, 5) is 0. The zero-order chi connectivity index (χ0) is 5.98. The van der Waals surface area contributed by atoms with Gasteiger partial charge in [0.2, 0.25) is 0 Å². The number of hydrogen-bond donors (Lipinski definition) is 2. The van der Waals surface area contributed by atoms with Gasteiger partial charge in [0, 0.05) is 12.6 Å². The normalized spacial score (nSPS) is 35.3. The van der Waals surface area contributed by atoms with E-state index in [1.165, 1.54) is 0 Å². The minimum absolute atomic E-state index is 0. The second kappa shape index (κ2) is 4.06. The van der Waals surface area contributed by atoms with Crippen molar-refractivity contribution in [2.75, 3.05) is 13.2 Å². The SMILES string of the molecule is Cl.NC1CCOC[C@H]1O. The standard InChI is InChI=1S/C5H11NO2.ClH/c6-4-1-2-8-3-5(4)7;/h4-5,7H,1-3,6H2;1H/t4?,5-;/m1./s1. The molecule has 0 aromatic rings. The maximum absolute atomic E-state index is 8.93. The van der Waals surface area contributed by atoms with Crippen LogP contribution in [-0.2, 0) is 4.74 Å². The highest BCUT2D eigenvalue weighted by atomic mass is 35.5. The molecule has 3 N–H and O–H groups in total. The van der Waals surface area contributed by atoms with Gasteiger partial charge in [-0.1, -0.05) is 0 Å². The van der Waals surface area contributed by atoms with Crippen LogP contribution in [0.1, 0.15) is 6.42 Å². The van der Waals surface area contributed by atoms with Crippen molar-refractivity contribution in [2.24, 2.45) is 5.73 Å². The van der Waals surface area contributed by atoms with Crippen molar-refractivity contribution >= 4 is 12.4 Å². The summed E-state index contributed by atoms with van der Waals surface area (Å²) in [7, 11) is 0. The molecule has 4 heteroatoms. The van der Waals surface area contributed by atoms with Gasteiger partial charge in [0.15, 0.2) is 0 Å². The van der Waals surface area contributed by atoms with E-state index in [4.69, 9.17) is 15.6 Å². The van der Waals surface area contributed by atoms with Gasteiger partial charge in [-0.2, -0.15) is 0 Å². The summed E-state index contributed by atoms with van der Waals surface area (Å²) < 4.78 is 4.92. The molecule has 0 radical (unpaired) electrons. The van der Waals surface area contributed by atoms with Crippen LogP contribution < -0.4 is 5.73 Å². The molecule has 1 aliphatic heterocycles. The molecule has 1 saturated heterocycles. The Labute approximate surface area is 60.6 Å². The van der Waals surface area contributed by atoms with Crippen LogP contribution in [0.3, 0.4) is 0 Å². The predicted molar refractivity (Wildman–Crippen MR) is 36.7 cm³/mol. The van der Waals surface area contributed by atoms with Crippen molar-refractivity contribution in [2.45, 2.75) is 18.6 Å². The van der Waals surface area contributed by atoms with Crippen molar-refractivity contribution in [3.05, 3.63) is 0 Å². The van der Waals surface area contributed by atoms with E-state index >= 15 is 0 Å². The number of aliphatic hydroxyl groups excluding tert-OH is 1. The van der Waals surface area contributed by atoms with Crippen LogP contribution in [0.4, 0.5) is 0 Å². The summed E-state index contributed by atoms with van der Waals surface area (Å²) in [5, 5.41) is 8.93. The summed E-state index contributed by atoms with van der Waals surface area (Å²) in [5.41, 5.74) is 5.45. The highest BCUT2D eigenvalue weighted by molar-refractivity contribution is 5.85. The molecule has 0 saturated carbocycles. The van der Waals surface area contributed by atoms with Gasteiger partial charge in [0.05, 0.1) is 12.7 Å². The molecule has 56 valence electrons. The maximum atomic E-state index is 8.93. The van der Waals surface area contributed by atoms with Crippen molar-refractivity contribution in [3.8, 4) is 0 Å². The van der Waals surface area contributed by atoms with E-state index in [9.17, 15) is 0 Å². The largest absolute Gasteiger partial charge is 0.389 e. The lowest BCUT2D eigenvalue weighted by Gasteiger charge is -2.23. The quantitative estimate of drug-likeness (QED) is 0.494. The number of ether oxygens (including phenoxy) is 1. The molecule has 0 spiro atoms. The number of hydrogen-bond acceptors (Lipinski definition) is 3. The Morgan fingerprint density at radius 3 is 2.56 bits per heavy atom. The van der Waals surface area contributed by atoms with Crippen molar-refractivity contribution < 1.29 is 9.84 Å². The van der Waals surface area contributed by atoms with E-state index in [0.29, 0.717) is 13.2 Å². The molecule has 0 aliphatic carbocycles. The number of rotatable bonds is 0. The third-order valence-electron chi connectivity index (χ3n) is 1.38. The summed E-state index contributed by atoms with van der Waals surface area (Å²) in [5.74, 6) is 0. The first kappa shape index (κ1) is 9.17. The van der Waals surface area contributed by atoms with E-state index in [-0.39, 0.29) is 18.4 Å². The van der Waals surface area contributed by atoms with Crippen LogP contribution in [0.25, 0.3) is 0 Å². The van der Waals surface area contributed by atoms with Crippen LogP contribution in [0.2, 0.25) is 0 Å². The monoisotopic (exact) mass is 153 g/mol. The second-order valence-electron chi connectivity index (χ2n) is 2.09. The third kappa shape index (κ3) is 2.49. The van der Waals surface area contributed by atoms with Gasteiger partial charge >= 0.3 is 0 Å². The van der Waals surface area contributed by atoms with Gasteiger partial charge in [-0.25, -0.2) is 0 Å². The van der Waals surface area contributed by atoms with Crippen LogP contribution in [0.15, 0.2) is 0 Å². The molecule has 1 unspecified atom stereocenters. The minimum atomic E-state index is -0.441. The first-order valence-corrected chi connectivity index (χ1v) is 2.82. The van der Waals surface area contributed by atoms with Gasteiger partial charge in [-0.05, 0) is 6.42 Å². The average Bonchev–Trinajstić information content (AvgIpc) is 1.77. The van der Waals surface area contributed by atoms with Crippen LogP contribution in [-0.4, -0.2) is 30.5 Å². The summed E-state index contributed by atoms with van der Waals surface area (Å²) in [6.07, 6.45) is 0.338. The predicted octanol–water partition coefficient (Wildman–Crippen LogP) is -0.483. The second-order valence-corrected chi connectivity index (χ2v) is 2.09.